The summed E-state index contributed by atoms with van der Waals surface area (Å²) >= 11 is 0. The van der Waals surface area contributed by atoms with E-state index in [2.05, 4.69) is 24.1 Å². The lowest BCUT2D eigenvalue weighted by atomic mass is 10.2. The summed E-state index contributed by atoms with van der Waals surface area (Å²) < 4.78 is 13.5. The Hall–Kier alpha value is -1.13. The summed E-state index contributed by atoms with van der Waals surface area (Å²) in [4.78, 5) is 2.14. The third kappa shape index (κ3) is 4.63. The number of hydrogen-bond donors (Lipinski definition) is 2. The van der Waals surface area contributed by atoms with E-state index in [1.807, 2.05) is 6.92 Å². The molecule has 0 amide bonds. The molecule has 0 fully saturated rings. The van der Waals surface area contributed by atoms with Crippen molar-refractivity contribution in [1.82, 2.24) is 4.90 Å². The summed E-state index contributed by atoms with van der Waals surface area (Å²) in [5.41, 5.74) is 1.45. The lowest BCUT2D eigenvalue weighted by Crippen LogP contribution is -2.36. The number of likely N-dealkylation sites (N-methyl/N-ethyl adjacent to an activating group) is 1. The van der Waals surface area contributed by atoms with Crippen LogP contribution in [0.15, 0.2) is 18.2 Å². The van der Waals surface area contributed by atoms with Crippen molar-refractivity contribution < 1.29 is 9.50 Å². The molecular formula is C14H23FN2O. The molecule has 1 unspecified atom stereocenters. The van der Waals surface area contributed by atoms with Gasteiger partial charge in [-0.25, -0.2) is 4.39 Å². The van der Waals surface area contributed by atoms with Crippen LogP contribution in [0.5, 0.6) is 0 Å². The van der Waals surface area contributed by atoms with Crippen molar-refractivity contribution in [3.8, 4) is 0 Å². The summed E-state index contributed by atoms with van der Waals surface area (Å²) in [6.45, 7) is 8.81. The van der Waals surface area contributed by atoms with Gasteiger partial charge in [0.15, 0.2) is 0 Å². The van der Waals surface area contributed by atoms with Gasteiger partial charge < -0.3 is 15.3 Å². The van der Waals surface area contributed by atoms with Gasteiger partial charge in [0.05, 0.1) is 11.8 Å². The maximum Gasteiger partial charge on any atom is 0.146 e. The maximum atomic E-state index is 13.5. The third-order valence-electron chi connectivity index (χ3n) is 3.01. The molecule has 4 heteroatoms. The molecule has 0 aromatic heterocycles. The number of halogens is 1. The molecule has 0 bridgehead atoms. The second-order valence-electron chi connectivity index (χ2n) is 4.50. The van der Waals surface area contributed by atoms with Gasteiger partial charge in [-0.05, 0) is 37.7 Å². The van der Waals surface area contributed by atoms with Gasteiger partial charge in [0.25, 0.3) is 0 Å². The minimum absolute atomic E-state index is 0.282. The molecule has 3 nitrogen and oxygen atoms in total. The van der Waals surface area contributed by atoms with Gasteiger partial charge in [-0.3, -0.25) is 0 Å². The predicted molar refractivity (Wildman–Crippen MR) is 73.4 cm³/mol. The summed E-state index contributed by atoms with van der Waals surface area (Å²) in [7, 11) is 0. The second kappa shape index (κ2) is 7.34. The van der Waals surface area contributed by atoms with Gasteiger partial charge in [0, 0.05) is 13.1 Å². The van der Waals surface area contributed by atoms with Crippen LogP contribution in [0, 0.1) is 12.7 Å². The van der Waals surface area contributed by atoms with Crippen LogP contribution < -0.4 is 5.32 Å². The zero-order valence-electron chi connectivity index (χ0n) is 11.4. The summed E-state index contributed by atoms with van der Waals surface area (Å²) in [5.74, 6) is -0.282. The van der Waals surface area contributed by atoms with Crippen molar-refractivity contribution in [2.24, 2.45) is 0 Å². The van der Waals surface area contributed by atoms with Crippen molar-refractivity contribution in [2.45, 2.75) is 26.9 Å². The summed E-state index contributed by atoms with van der Waals surface area (Å²) in [5, 5.41) is 12.8. The second-order valence-corrected chi connectivity index (χ2v) is 4.50. The lowest BCUT2D eigenvalue weighted by molar-refractivity contribution is 0.128. The molecule has 0 aliphatic heterocycles. The molecule has 18 heavy (non-hydrogen) atoms. The van der Waals surface area contributed by atoms with Gasteiger partial charge in [-0.2, -0.15) is 0 Å². The van der Waals surface area contributed by atoms with Crippen LogP contribution in [-0.4, -0.2) is 42.3 Å². The average Bonchev–Trinajstić information content (AvgIpc) is 2.37. The van der Waals surface area contributed by atoms with E-state index in [1.165, 1.54) is 6.07 Å². The Bertz CT molecular complexity index is 367. The normalized spacial score (nSPS) is 12.8. The number of nitrogens with zero attached hydrogens (tertiary/aromatic N) is 1. The molecule has 0 spiro atoms. The average molecular weight is 254 g/mol. The van der Waals surface area contributed by atoms with E-state index < -0.39 is 6.10 Å². The molecule has 1 aromatic rings. The largest absolute Gasteiger partial charge is 0.390 e. The molecule has 0 saturated carbocycles. The van der Waals surface area contributed by atoms with Gasteiger partial charge in [0.2, 0.25) is 0 Å². The van der Waals surface area contributed by atoms with E-state index in [1.54, 1.807) is 12.1 Å². The smallest absolute Gasteiger partial charge is 0.146 e. The van der Waals surface area contributed by atoms with Crippen molar-refractivity contribution in [3.63, 3.8) is 0 Å². The van der Waals surface area contributed by atoms with Gasteiger partial charge >= 0.3 is 0 Å². The molecule has 102 valence electrons. The highest BCUT2D eigenvalue weighted by Gasteiger charge is 2.10. The number of nitrogens with one attached hydrogen (secondary N) is 1. The van der Waals surface area contributed by atoms with E-state index in [9.17, 15) is 9.50 Å². The maximum absolute atomic E-state index is 13.5. The molecule has 0 saturated heterocycles. The van der Waals surface area contributed by atoms with E-state index in [0.29, 0.717) is 18.8 Å². The molecular weight excluding hydrogens is 231 g/mol. The minimum Gasteiger partial charge on any atom is -0.390 e. The first-order chi connectivity index (χ1) is 8.56. The standard InChI is InChI=1S/C14H23FN2O/c1-4-17(5-2)10-12(18)9-16-14-8-11(3)6-7-13(14)15/h6-8,12,16,18H,4-5,9-10H2,1-3H3. The van der Waals surface area contributed by atoms with E-state index in [4.69, 9.17) is 0 Å². The summed E-state index contributed by atoms with van der Waals surface area (Å²) in [6, 6.07) is 4.92. The van der Waals surface area contributed by atoms with Crippen LogP contribution >= 0.6 is 0 Å². The number of benzene rings is 1. The predicted octanol–water partition coefficient (Wildman–Crippen LogP) is 2.25. The van der Waals surface area contributed by atoms with E-state index >= 15 is 0 Å². The van der Waals surface area contributed by atoms with Gasteiger partial charge in [-0.1, -0.05) is 19.9 Å². The van der Waals surface area contributed by atoms with Gasteiger partial charge in [-0.15, -0.1) is 0 Å². The number of aryl methyl sites for hydroxylation is 1. The van der Waals surface area contributed by atoms with Crippen molar-refractivity contribution >= 4 is 5.69 Å². The van der Waals surface area contributed by atoms with E-state index in [0.717, 1.165) is 18.7 Å². The first-order valence-corrected chi connectivity index (χ1v) is 6.47. The quantitative estimate of drug-likeness (QED) is 0.783. The molecule has 0 aliphatic rings. The third-order valence-corrected chi connectivity index (χ3v) is 3.01. The van der Waals surface area contributed by atoms with Gasteiger partial charge in [0.1, 0.15) is 5.82 Å². The molecule has 0 radical (unpaired) electrons. The zero-order chi connectivity index (χ0) is 13.5. The highest BCUT2D eigenvalue weighted by molar-refractivity contribution is 5.47. The SMILES string of the molecule is CCN(CC)CC(O)CNc1cc(C)ccc1F. The fraction of sp³-hybridized carbons (Fsp3) is 0.571. The van der Waals surface area contributed by atoms with Crippen molar-refractivity contribution in [2.75, 3.05) is 31.5 Å². The fourth-order valence-corrected chi connectivity index (χ4v) is 1.85. The Morgan fingerprint density at radius 1 is 1.33 bits per heavy atom. The number of aliphatic hydroxyl groups excluding tert-OH is 1. The van der Waals surface area contributed by atoms with Crippen LogP contribution in [0.2, 0.25) is 0 Å². The van der Waals surface area contributed by atoms with Crippen molar-refractivity contribution in [1.29, 1.82) is 0 Å². The van der Waals surface area contributed by atoms with Crippen LogP contribution in [0.3, 0.4) is 0 Å². The highest BCUT2D eigenvalue weighted by atomic mass is 19.1. The molecule has 0 aliphatic carbocycles. The first-order valence-electron chi connectivity index (χ1n) is 6.47. The lowest BCUT2D eigenvalue weighted by Gasteiger charge is -2.22. The Kier molecular flexibility index (Phi) is 6.09. The topological polar surface area (TPSA) is 35.5 Å². The summed E-state index contributed by atoms with van der Waals surface area (Å²) in [6.07, 6.45) is -0.496. The zero-order valence-corrected chi connectivity index (χ0v) is 11.4. The molecule has 1 atom stereocenters. The monoisotopic (exact) mass is 254 g/mol. The molecule has 1 rings (SSSR count). The fourth-order valence-electron chi connectivity index (χ4n) is 1.85. The van der Waals surface area contributed by atoms with Crippen LogP contribution in [0.1, 0.15) is 19.4 Å². The number of aliphatic hydroxyl groups is 1. The van der Waals surface area contributed by atoms with Crippen molar-refractivity contribution in [3.05, 3.63) is 29.6 Å². The highest BCUT2D eigenvalue weighted by Crippen LogP contribution is 2.15. The van der Waals surface area contributed by atoms with Crippen LogP contribution in [0.25, 0.3) is 0 Å². The Balaban J connectivity index is 2.46. The Morgan fingerprint density at radius 3 is 2.61 bits per heavy atom. The number of anilines is 1. The Morgan fingerprint density at radius 2 is 2.00 bits per heavy atom. The Labute approximate surface area is 109 Å². The first kappa shape index (κ1) is 14.9. The minimum atomic E-state index is -0.496. The van der Waals surface area contributed by atoms with Crippen LogP contribution in [0.4, 0.5) is 10.1 Å². The van der Waals surface area contributed by atoms with E-state index in [-0.39, 0.29) is 5.82 Å². The number of rotatable bonds is 7. The van der Waals surface area contributed by atoms with Crippen LogP contribution in [-0.2, 0) is 0 Å². The molecule has 2 N–H and O–H groups in total. The molecule has 0 heterocycles. The molecule has 1 aromatic carbocycles. The number of hydrogen-bond acceptors (Lipinski definition) is 3.